The number of hydrogen-bond acceptors (Lipinski definition) is 3. The maximum atomic E-state index is 12.2. The Balaban J connectivity index is 2.34. The molecule has 0 saturated heterocycles. The van der Waals surface area contributed by atoms with Crippen LogP contribution in [0.15, 0.2) is 0 Å². The molecule has 4 nitrogen and oxygen atoms in total. The molecule has 0 aromatic rings. The summed E-state index contributed by atoms with van der Waals surface area (Å²) in [6.07, 6.45) is 6.33. The summed E-state index contributed by atoms with van der Waals surface area (Å²) in [6.45, 7) is 13.7. The zero-order valence-electron chi connectivity index (χ0n) is 15.4. The lowest BCUT2D eigenvalue weighted by molar-refractivity contribution is 0.0191. The first-order valence-corrected chi connectivity index (χ1v) is 8.96. The topological polar surface area (TPSA) is 41.6 Å². The molecular formula is C18H36N2O2. The SMILES string of the molecule is CCC1CCC(NCCN(C(=O)OC(C)(C)C)C(C)C)CC1. The van der Waals surface area contributed by atoms with Gasteiger partial charge in [0.1, 0.15) is 5.60 Å². The van der Waals surface area contributed by atoms with E-state index < -0.39 is 5.60 Å². The molecule has 0 unspecified atom stereocenters. The van der Waals surface area contributed by atoms with Gasteiger partial charge in [0.15, 0.2) is 0 Å². The van der Waals surface area contributed by atoms with Gasteiger partial charge in [-0.1, -0.05) is 13.3 Å². The first kappa shape index (κ1) is 19.3. The van der Waals surface area contributed by atoms with Crippen LogP contribution in [0.2, 0.25) is 0 Å². The van der Waals surface area contributed by atoms with E-state index in [4.69, 9.17) is 4.74 Å². The van der Waals surface area contributed by atoms with Crippen molar-refractivity contribution in [3.63, 3.8) is 0 Å². The van der Waals surface area contributed by atoms with E-state index in [0.29, 0.717) is 12.6 Å². The van der Waals surface area contributed by atoms with Crippen LogP contribution in [-0.2, 0) is 4.74 Å². The van der Waals surface area contributed by atoms with Crippen LogP contribution in [0.5, 0.6) is 0 Å². The number of carbonyl (C=O) groups excluding carboxylic acids is 1. The molecule has 130 valence electrons. The largest absolute Gasteiger partial charge is 0.444 e. The lowest BCUT2D eigenvalue weighted by Crippen LogP contribution is -2.45. The summed E-state index contributed by atoms with van der Waals surface area (Å²) in [7, 11) is 0. The monoisotopic (exact) mass is 312 g/mol. The van der Waals surface area contributed by atoms with Crippen molar-refractivity contribution in [3.8, 4) is 0 Å². The van der Waals surface area contributed by atoms with Crippen LogP contribution in [0.1, 0.15) is 73.6 Å². The van der Waals surface area contributed by atoms with E-state index in [-0.39, 0.29) is 12.1 Å². The Kier molecular flexibility index (Phi) is 7.67. The number of rotatable bonds is 6. The van der Waals surface area contributed by atoms with E-state index >= 15 is 0 Å². The average Bonchev–Trinajstić information content (AvgIpc) is 2.41. The highest BCUT2D eigenvalue weighted by atomic mass is 16.6. The summed E-state index contributed by atoms with van der Waals surface area (Å²) < 4.78 is 5.49. The van der Waals surface area contributed by atoms with Crippen molar-refractivity contribution >= 4 is 6.09 Å². The van der Waals surface area contributed by atoms with Gasteiger partial charge in [0.2, 0.25) is 0 Å². The number of nitrogens with zero attached hydrogens (tertiary/aromatic N) is 1. The average molecular weight is 312 g/mol. The normalized spacial score (nSPS) is 22.7. The second kappa shape index (κ2) is 8.76. The molecule has 1 N–H and O–H groups in total. The quantitative estimate of drug-likeness (QED) is 0.799. The third-order valence-electron chi connectivity index (χ3n) is 4.46. The van der Waals surface area contributed by atoms with Gasteiger partial charge in [0.25, 0.3) is 0 Å². The minimum Gasteiger partial charge on any atom is -0.444 e. The van der Waals surface area contributed by atoms with E-state index in [9.17, 15) is 4.79 Å². The standard InChI is InChI=1S/C18H36N2O2/c1-7-15-8-10-16(11-9-15)19-12-13-20(14(2)3)17(21)22-18(4,5)6/h14-16,19H,7-13H2,1-6H3. The third-order valence-corrected chi connectivity index (χ3v) is 4.46. The molecule has 0 aromatic heterocycles. The Hall–Kier alpha value is -0.770. The molecule has 0 aromatic carbocycles. The number of ether oxygens (including phenoxy) is 1. The van der Waals surface area contributed by atoms with E-state index in [2.05, 4.69) is 12.2 Å². The minimum absolute atomic E-state index is 0.160. The first-order valence-electron chi connectivity index (χ1n) is 8.96. The highest BCUT2D eigenvalue weighted by Crippen LogP contribution is 2.26. The van der Waals surface area contributed by atoms with Gasteiger partial charge in [-0.25, -0.2) is 4.79 Å². The van der Waals surface area contributed by atoms with Gasteiger partial charge in [-0.05, 0) is 66.2 Å². The molecule has 0 atom stereocenters. The summed E-state index contributed by atoms with van der Waals surface area (Å²) in [6, 6.07) is 0.780. The van der Waals surface area contributed by atoms with Crippen molar-refractivity contribution in [2.24, 2.45) is 5.92 Å². The van der Waals surface area contributed by atoms with E-state index in [1.807, 2.05) is 39.5 Å². The molecule has 0 heterocycles. The van der Waals surface area contributed by atoms with Crippen LogP contribution < -0.4 is 5.32 Å². The van der Waals surface area contributed by atoms with Crippen LogP contribution in [0.4, 0.5) is 4.79 Å². The highest BCUT2D eigenvalue weighted by molar-refractivity contribution is 5.68. The van der Waals surface area contributed by atoms with Crippen LogP contribution in [0.25, 0.3) is 0 Å². The first-order chi connectivity index (χ1) is 10.2. The molecule has 0 bridgehead atoms. The van der Waals surface area contributed by atoms with Crippen LogP contribution >= 0.6 is 0 Å². The smallest absolute Gasteiger partial charge is 0.410 e. The van der Waals surface area contributed by atoms with Gasteiger partial charge in [-0.3, -0.25) is 0 Å². The highest BCUT2D eigenvalue weighted by Gasteiger charge is 2.24. The summed E-state index contributed by atoms with van der Waals surface area (Å²) in [5.74, 6) is 0.923. The van der Waals surface area contributed by atoms with Gasteiger partial charge in [-0.2, -0.15) is 0 Å². The van der Waals surface area contributed by atoms with E-state index in [1.54, 1.807) is 0 Å². The van der Waals surface area contributed by atoms with Crippen molar-refractivity contribution in [2.75, 3.05) is 13.1 Å². The molecule has 1 fully saturated rings. The summed E-state index contributed by atoms with van der Waals surface area (Å²) in [5.41, 5.74) is -0.434. The fourth-order valence-corrected chi connectivity index (χ4v) is 3.04. The molecule has 1 rings (SSSR count). The summed E-state index contributed by atoms with van der Waals surface area (Å²) in [4.78, 5) is 14.1. The molecule has 0 radical (unpaired) electrons. The van der Waals surface area contributed by atoms with Crippen molar-refractivity contribution in [1.82, 2.24) is 10.2 Å². The van der Waals surface area contributed by atoms with E-state index in [0.717, 1.165) is 12.5 Å². The molecule has 1 amide bonds. The Morgan fingerprint density at radius 1 is 1.23 bits per heavy atom. The number of hydrogen-bond donors (Lipinski definition) is 1. The molecule has 1 saturated carbocycles. The third kappa shape index (κ3) is 6.99. The van der Waals surface area contributed by atoms with Gasteiger partial charge < -0.3 is 15.0 Å². The fraction of sp³-hybridized carbons (Fsp3) is 0.944. The molecule has 4 heteroatoms. The Morgan fingerprint density at radius 3 is 2.27 bits per heavy atom. The molecule has 0 spiro atoms. The van der Waals surface area contributed by atoms with E-state index in [1.165, 1.54) is 32.1 Å². The van der Waals surface area contributed by atoms with Crippen molar-refractivity contribution in [3.05, 3.63) is 0 Å². The summed E-state index contributed by atoms with van der Waals surface area (Å²) in [5, 5.41) is 3.62. The second-order valence-corrected chi connectivity index (χ2v) is 7.85. The molecule has 1 aliphatic carbocycles. The number of amides is 1. The van der Waals surface area contributed by atoms with Gasteiger partial charge in [-0.15, -0.1) is 0 Å². The minimum atomic E-state index is -0.434. The fourth-order valence-electron chi connectivity index (χ4n) is 3.04. The lowest BCUT2D eigenvalue weighted by Gasteiger charge is -2.32. The van der Waals surface area contributed by atoms with Gasteiger partial charge in [0.05, 0.1) is 0 Å². The lowest BCUT2D eigenvalue weighted by atomic mass is 9.84. The van der Waals surface area contributed by atoms with Crippen LogP contribution in [0.3, 0.4) is 0 Å². The molecular weight excluding hydrogens is 276 g/mol. The molecule has 1 aliphatic rings. The van der Waals surface area contributed by atoms with Crippen molar-refractivity contribution in [2.45, 2.75) is 91.3 Å². The summed E-state index contributed by atoms with van der Waals surface area (Å²) >= 11 is 0. The van der Waals surface area contributed by atoms with Crippen LogP contribution in [0, 0.1) is 5.92 Å². The van der Waals surface area contributed by atoms with Crippen molar-refractivity contribution in [1.29, 1.82) is 0 Å². The second-order valence-electron chi connectivity index (χ2n) is 7.85. The maximum Gasteiger partial charge on any atom is 0.410 e. The predicted molar refractivity (Wildman–Crippen MR) is 92.1 cm³/mol. The Bertz CT molecular complexity index is 328. The Labute approximate surface area is 137 Å². The Morgan fingerprint density at radius 2 is 1.82 bits per heavy atom. The number of carbonyl (C=O) groups is 1. The molecule has 0 aliphatic heterocycles. The zero-order valence-corrected chi connectivity index (χ0v) is 15.4. The van der Waals surface area contributed by atoms with Gasteiger partial charge >= 0.3 is 6.09 Å². The number of nitrogens with one attached hydrogen (secondary N) is 1. The predicted octanol–water partition coefficient (Wildman–Crippen LogP) is 4.19. The van der Waals surface area contributed by atoms with Crippen molar-refractivity contribution < 1.29 is 9.53 Å². The maximum absolute atomic E-state index is 12.2. The zero-order chi connectivity index (χ0) is 16.8. The van der Waals surface area contributed by atoms with Gasteiger partial charge in [0, 0.05) is 25.2 Å². The molecule has 22 heavy (non-hydrogen) atoms. The van der Waals surface area contributed by atoms with Crippen LogP contribution in [-0.4, -0.2) is 41.8 Å².